The van der Waals surface area contributed by atoms with Gasteiger partial charge in [0.1, 0.15) is 5.82 Å². The van der Waals surface area contributed by atoms with Crippen molar-refractivity contribution in [3.05, 3.63) is 35.6 Å². The molecule has 0 atom stereocenters. The van der Waals surface area contributed by atoms with Crippen LogP contribution in [0, 0.1) is 5.82 Å². The van der Waals surface area contributed by atoms with Gasteiger partial charge < -0.3 is 14.9 Å². The second-order valence-electron chi connectivity index (χ2n) is 5.85. The van der Waals surface area contributed by atoms with E-state index in [-0.39, 0.29) is 24.7 Å². The fraction of sp³-hybridized carbons (Fsp3) is 0.529. The smallest absolute Gasteiger partial charge is 0.303 e. The van der Waals surface area contributed by atoms with E-state index in [0.29, 0.717) is 25.1 Å². The summed E-state index contributed by atoms with van der Waals surface area (Å²) in [7, 11) is 0. The average Bonchev–Trinajstić information content (AvgIpc) is 2.76. The molecule has 0 aliphatic carbocycles. The maximum atomic E-state index is 13.2. The predicted octanol–water partition coefficient (Wildman–Crippen LogP) is 2.65. The Morgan fingerprint density at radius 1 is 1.12 bits per heavy atom. The van der Waals surface area contributed by atoms with Crippen LogP contribution in [0.1, 0.15) is 36.0 Å². The summed E-state index contributed by atoms with van der Waals surface area (Å²) in [6, 6.07) is 5.80. The Morgan fingerprint density at radius 3 is 2.62 bits per heavy atom. The van der Waals surface area contributed by atoms with Crippen LogP contribution in [0.15, 0.2) is 24.3 Å². The quantitative estimate of drug-likeness (QED) is 0.794. The highest BCUT2D eigenvalue weighted by Crippen LogP contribution is 2.11. The van der Waals surface area contributed by atoms with E-state index in [1.807, 2.05) is 0 Å². The highest BCUT2D eigenvalue weighted by molar-refractivity contribution is 5.94. The maximum absolute atomic E-state index is 13.2. The molecule has 1 saturated heterocycles. The van der Waals surface area contributed by atoms with Crippen LogP contribution in [-0.4, -0.2) is 59.5 Å². The number of carbonyl (C=O) groups excluding carboxylic acids is 1. The summed E-state index contributed by atoms with van der Waals surface area (Å²) in [4.78, 5) is 27.0. The van der Waals surface area contributed by atoms with E-state index in [2.05, 4.69) is 4.90 Å². The third-order valence-electron chi connectivity index (χ3n) is 4.06. The number of rotatable bonds is 6. The first kappa shape index (κ1) is 20.4. The van der Waals surface area contributed by atoms with Crippen molar-refractivity contribution >= 4 is 24.3 Å². The lowest BCUT2D eigenvalue weighted by atomic mass is 10.2. The number of benzene rings is 1. The van der Waals surface area contributed by atoms with Crippen molar-refractivity contribution in [2.45, 2.75) is 25.7 Å². The van der Waals surface area contributed by atoms with Crippen LogP contribution >= 0.6 is 12.4 Å². The van der Waals surface area contributed by atoms with Crippen LogP contribution in [0.2, 0.25) is 0 Å². The van der Waals surface area contributed by atoms with Gasteiger partial charge in [-0.3, -0.25) is 9.59 Å². The number of carbonyl (C=O) groups is 2. The van der Waals surface area contributed by atoms with Gasteiger partial charge in [-0.05, 0) is 50.6 Å². The number of halogens is 2. The van der Waals surface area contributed by atoms with Gasteiger partial charge in [0.15, 0.2) is 0 Å². The summed E-state index contributed by atoms with van der Waals surface area (Å²) < 4.78 is 13.2. The van der Waals surface area contributed by atoms with Crippen molar-refractivity contribution in [1.29, 1.82) is 0 Å². The highest BCUT2D eigenvalue weighted by Gasteiger charge is 2.20. The molecule has 1 aliphatic rings. The summed E-state index contributed by atoms with van der Waals surface area (Å²) in [5.41, 5.74) is 0.389. The first-order valence-corrected chi connectivity index (χ1v) is 8.05. The molecule has 1 fully saturated rings. The molecule has 5 nitrogen and oxygen atoms in total. The minimum atomic E-state index is -0.757. The SMILES string of the molecule is Cl.O=C(O)CCCCN1CCCN(C(=O)c2cccc(F)c2)CC1. The minimum Gasteiger partial charge on any atom is -0.481 e. The molecule has 1 aliphatic heterocycles. The fourth-order valence-electron chi connectivity index (χ4n) is 2.81. The number of amides is 1. The Balaban J connectivity index is 0.00000288. The van der Waals surface area contributed by atoms with Crippen LogP contribution < -0.4 is 0 Å². The molecular weight excluding hydrogens is 335 g/mol. The van der Waals surface area contributed by atoms with Crippen LogP contribution in [0.5, 0.6) is 0 Å². The van der Waals surface area contributed by atoms with E-state index in [0.717, 1.165) is 32.5 Å². The molecule has 2 rings (SSSR count). The number of hydrogen-bond donors (Lipinski definition) is 1. The van der Waals surface area contributed by atoms with Gasteiger partial charge in [0.2, 0.25) is 0 Å². The normalized spacial score (nSPS) is 15.5. The van der Waals surface area contributed by atoms with Crippen molar-refractivity contribution in [1.82, 2.24) is 9.80 Å². The molecular formula is C17H24ClFN2O3. The second-order valence-corrected chi connectivity index (χ2v) is 5.85. The molecule has 0 unspecified atom stereocenters. The second kappa shape index (κ2) is 10.3. The molecule has 1 heterocycles. The molecule has 1 amide bonds. The molecule has 0 radical (unpaired) electrons. The summed E-state index contributed by atoms with van der Waals surface area (Å²) in [6.45, 7) is 3.82. The van der Waals surface area contributed by atoms with Crippen molar-refractivity contribution in [2.24, 2.45) is 0 Å². The van der Waals surface area contributed by atoms with Crippen molar-refractivity contribution in [3.63, 3.8) is 0 Å². The van der Waals surface area contributed by atoms with E-state index in [1.54, 1.807) is 17.0 Å². The lowest BCUT2D eigenvalue weighted by Crippen LogP contribution is -2.35. The van der Waals surface area contributed by atoms with Gasteiger partial charge in [-0.1, -0.05) is 6.07 Å². The molecule has 0 spiro atoms. The molecule has 0 aromatic heterocycles. The third-order valence-corrected chi connectivity index (χ3v) is 4.06. The Bertz CT molecular complexity index is 556. The van der Waals surface area contributed by atoms with Crippen LogP contribution in [0.4, 0.5) is 4.39 Å². The zero-order chi connectivity index (χ0) is 16.7. The van der Waals surface area contributed by atoms with Gasteiger partial charge in [-0.25, -0.2) is 4.39 Å². The van der Waals surface area contributed by atoms with E-state index in [4.69, 9.17) is 5.11 Å². The van der Waals surface area contributed by atoms with Crippen LogP contribution in [0.3, 0.4) is 0 Å². The van der Waals surface area contributed by atoms with Gasteiger partial charge in [0.25, 0.3) is 5.91 Å². The zero-order valence-electron chi connectivity index (χ0n) is 13.6. The van der Waals surface area contributed by atoms with Gasteiger partial charge >= 0.3 is 5.97 Å². The molecule has 0 bridgehead atoms. The molecule has 0 saturated carbocycles. The molecule has 1 N–H and O–H groups in total. The largest absolute Gasteiger partial charge is 0.481 e. The average molecular weight is 359 g/mol. The lowest BCUT2D eigenvalue weighted by Gasteiger charge is -2.22. The number of aliphatic carboxylic acids is 1. The van der Waals surface area contributed by atoms with Crippen molar-refractivity contribution in [3.8, 4) is 0 Å². The van der Waals surface area contributed by atoms with E-state index in [9.17, 15) is 14.0 Å². The highest BCUT2D eigenvalue weighted by atomic mass is 35.5. The fourth-order valence-corrected chi connectivity index (χ4v) is 2.81. The molecule has 7 heteroatoms. The predicted molar refractivity (Wildman–Crippen MR) is 92.1 cm³/mol. The monoisotopic (exact) mass is 358 g/mol. The summed E-state index contributed by atoms with van der Waals surface area (Å²) in [5, 5.41) is 8.63. The topological polar surface area (TPSA) is 60.9 Å². The number of hydrogen-bond acceptors (Lipinski definition) is 3. The van der Waals surface area contributed by atoms with Crippen molar-refractivity contribution < 1.29 is 19.1 Å². The van der Waals surface area contributed by atoms with Crippen LogP contribution in [-0.2, 0) is 4.79 Å². The Labute approximate surface area is 147 Å². The van der Waals surface area contributed by atoms with Crippen LogP contribution in [0.25, 0.3) is 0 Å². The van der Waals surface area contributed by atoms with E-state index in [1.165, 1.54) is 12.1 Å². The standard InChI is InChI=1S/C17H23FN2O3.ClH/c18-15-6-3-5-14(13-15)17(23)20-10-4-9-19(11-12-20)8-2-1-7-16(21)22;/h3,5-6,13H,1-2,4,7-12H2,(H,21,22);1H. The Hall–Kier alpha value is -1.66. The molecule has 24 heavy (non-hydrogen) atoms. The third kappa shape index (κ3) is 6.45. The summed E-state index contributed by atoms with van der Waals surface area (Å²) in [5.74, 6) is -1.28. The summed E-state index contributed by atoms with van der Waals surface area (Å²) in [6.07, 6.45) is 2.61. The van der Waals surface area contributed by atoms with Gasteiger partial charge in [0, 0.05) is 31.6 Å². The summed E-state index contributed by atoms with van der Waals surface area (Å²) >= 11 is 0. The minimum absolute atomic E-state index is 0. The Kier molecular flexibility index (Phi) is 8.71. The lowest BCUT2D eigenvalue weighted by molar-refractivity contribution is -0.137. The first-order valence-electron chi connectivity index (χ1n) is 8.05. The van der Waals surface area contributed by atoms with E-state index >= 15 is 0 Å². The number of unbranched alkanes of at least 4 members (excludes halogenated alkanes) is 1. The molecule has 134 valence electrons. The Morgan fingerprint density at radius 2 is 1.92 bits per heavy atom. The number of carboxylic acid groups (broad SMARTS) is 1. The number of carboxylic acids is 1. The number of nitrogens with zero attached hydrogens (tertiary/aromatic N) is 2. The molecule has 1 aromatic carbocycles. The zero-order valence-corrected chi connectivity index (χ0v) is 14.4. The first-order chi connectivity index (χ1) is 11.1. The van der Waals surface area contributed by atoms with Crippen molar-refractivity contribution in [2.75, 3.05) is 32.7 Å². The van der Waals surface area contributed by atoms with Gasteiger partial charge in [0.05, 0.1) is 0 Å². The maximum Gasteiger partial charge on any atom is 0.303 e. The van der Waals surface area contributed by atoms with Gasteiger partial charge in [-0.2, -0.15) is 0 Å². The van der Waals surface area contributed by atoms with Gasteiger partial charge in [-0.15, -0.1) is 12.4 Å². The molecule has 1 aromatic rings. The van der Waals surface area contributed by atoms with E-state index < -0.39 is 11.8 Å².